The van der Waals surface area contributed by atoms with Crippen LogP contribution in [-0.4, -0.2) is 13.8 Å². The standard InChI is InChI=1S/C19H23NO2/c1-19(2,3)15-5-10-18-14(11-15)12-20(13-22-18)16-6-8-17(21-4)9-7-16/h5-11H,12-13H2,1-4H3. The van der Waals surface area contributed by atoms with Crippen LogP contribution in [0.5, 0.6) is 11.5 Å². The molecule has 0 amide bonds. The summed E-state index contributed by atoms with van der Waals surface area (Å²) in [7, 11) is 1.68. The Morgan fingerprint density at radius 3 is 2.41 bits per heavy atom. The van der Waals surface area contributed by atoms with Gasteiger partial charge >= 0.3 is 0 Å². The molecule has 0 aromatic heterocycles. The minimum Gasteiger partial charge on any atom is -0.497 e. The Morgan fingerprint density at radius 1 is 1.05 bits per heavy atom. The van der Waals surface area contributed by atoms with Crippen LogP contribution in [-0.2, 0) is 12.0 Å². The first-order chi connectivity index (χ1) is 10.5. The average molecular weight is 297 g/mol. The van der Waals surface area contributed by atoms with Crippen molar-refractivity contribution in [1.29, 1.82) is 0 Å². The average Bonchev–Trinajstić information content (AvgIpc) is 2.53. The van der Waals surface area contributed by atoms with Crippen LogP contribution in [0.25, 0.3) is 0 Å². The van der Waals surface area contributed by atoms with Gasteiger partial charge in [-0.25, -0.2) is 0 Å². The number of fused-ring (bicyclic) bond motifs is 1. The molecule has 1 heterocycles. The molecule has 116 valence electrons. The van der Waals surface area contributed by atoms with E-state index in [1.807, 2.05) is 12.1 Å². The van der Waals surface area contributed by atoms with Crippen LogP contribution in [0.3, 0.4) is 0 Å². The van der Waals surface area contributed by atoms with Gasteiger partial charge in [0.15, 0.2) is 6.73 Å². The Bertz CT molecular complexity index is 656. The van der Waals surface area contributed by atoms with Gasteiger partial charge in [-0.15, -0.1) is 0 Å². The topological polar surface area (TPSA) is 21.7 Å². The summed E-state index contributed by atoms with van der Waals surface area (Å²) in [5, 5.41) is 0. The lowest BCUT2D eigenvalue weighted by Gasteiger charge is -2.32. The Labute approximate surface area is 132 Å². The molecule has 0 saturated carbocycles. The van der Waals surface area contributed by atoms with Crippen LogP contribution in [0.2, 0.25) is 0 Å². The molecule has 0 aliphatic carbocycles. The Hall–Kier alpha value is -2.16. The van der Waals surface area contributed by atoms with E-state index < -0.39 is 0 Å². The molecule has 0 atom stereocenters. The van der Waals surface area contributed by atoms with Crippen molar-refractivity contribution in [2.45, 2.75) is 32.7 Å². The summed E-state index contributed by atoms with van der Waals surface area (Å²) in [5.74, 6) is 1.87. The monoisotopic (exact) mass is 297 g/mol. The predicted molar refractivity (Wildman–Crippen MR) is 89.8 cm³/mol. The van der Waals surface area contributed by atoms with Crippen LogP contribution in [0.15, 0.2) is 42.5 Å². The summed E-state index contributed by atoms with van der Waals surface area (Å²) in [6.07, 6.45) is 0. The van der Waals surface area contributed by atoms with Gasteiger partial charge in [-0.3, -0.25) is 0 Å². The van der Waals surface area contributed by atoms with Crippen LogP contribution < -0.4 is 14.4 Å². The molecule has 0 unspecified atom stereocenters. The first-order valence-corrected chi connectivity index (χ1v) is 7.62. The minimum atomic E-state index is 0.150. The molecule has 1 aliphatic rings. The number of methoxy groups -OCH3 is 1. The van der Waals surface area contributed by atoms with Crippen molar-refractivity contribution in [3.63, 3.8) is 0 Å². The number of rotatable bonds is 2. The fourth-order valence-corrected chi connectivity index (χ4v) is 2.67. The van der Waals surface area contributed by atoms with Crippen LogP contribution in [0, 0.1) is 0 Å². The largest absolute Gasteiger partial charge is 0.497 e. The van der Waals surface area contributed by atoms with E-state index in [-0.39, 0.29) is 5.41 Å². The number of hydrogen-bond acceptors (Lipinski definition) is 3. The van der Waals surface area contributed by atoms with E-state index in [1.165, 1.54) is 11.1 Å². The third kappa shape index (κ3) is 2.89. The van der Waals surface area contributed by atoms with Gasteiger partial charge in [0.25, 0.3) is 0 Å². The maximum atomic E-state index is 5.91. The van der Waals surface area contributed by atoms with Crippen LogP contribution >= 0.6 is 0 Å². The molecule has 3 heteroatoms. The van der Waals surface area contributed by atoms with Crippen molar-refractivity contribution >= 4 is 5.69 Å². The highest BCUT2D eigenvalue weighted by Gasteiger charge is 2.21. The van der Waals surface area contributed by atoms with Crippen LogP contribution in [0.1, 0.15) is 31.9 Å². The molecule has 0 spiro atoms. The van der Waals surface area contributed by atoms with E-state index in [9.17, 15) is 0 Å². The summed E-state index contributed by atoms with van der Waals surface area (Å²) >= 11 is 0. The second-order valence-electron chi connectivity index (χ2n) is 6.74. The molecule has 3 rings (SSSR count). The highest BCUT2D eigenvalue weighted by Crippen LogP contribution is 2.33. The number of hydrogen-bond donors (Lipinski definition) is 0. The van der Waals surface area contributed by atoms with Crippen molar-refractivity contribution in [2.75, 3.05) is 18.7 Å². The van der Waals surface area contributed by atoms with Gasteiger partial charge in [-0.2, -0.15) is 0 Å². The lowest BCUT2D eigenvalue weighted by molar-refractivity contribution is 0.289. The van der Waals surface area contributed by atoms with Crippen molar-refractivity contribution in [3.8, 4) is 11.5 Å². The van der Waals surface area contributed by atoms with Gasteiger partial charge in [0.1, 0.15) is 11.5 Å². The van der Waals surface area contributed by atoms with Gasteiger partial charge in [0.05, 0.1) is 7.11 Å². The fraction of sp³-hybridized carbons (Fsp3) is 0.368. The maximum Gasteiger partial charge on any atom is 0.161 e. The van der Waals surface area contributed by atoms with Gasteiger partial charge in [0, 0.05) is 17.8 Å². The smallest absolute Gasteiger partial charge is 0.161 e. The van der Waals surface area contributed by atoms with E-state index in [0.717, 1.165) is 23.7 Å². The van der Waals surface area contributed by atoms with E-state index in [2.05, 4.69) is 56.0 Å². The molecule has 0 fully saturated rings. The molecule has 2 aromatic rings. The molecule has 0 saturated heterocycles. The zero-order valence-electron chi connectivity index (χ0n) is 13.7. The zero-order valence-corrected chi connectivity index (χ0v) is 13.7. The Kier molecular flexibility index (Phi) is 3.73. The lowest BCUT2D eigenvalue weighted by atomic mass is 9.86. The second-order valence-corrected chi connectivity index (χ2v) is 6.74. The number of anilines is 1. The molecule has 0 bridgehead atoms. The van der Waals surface area contributed by atoms with Crippen LogP contribution in [0.4, 0.5) is 5.69 Å². The molecule has 2 aromatic carbocycles. The predicted octanol–water partition coefficient (Wildman–Crippen LogP) is 4.35. The molecule has 22 heavy (non-hydrogen) atoms. The van der Waals surface area contributed by atoms with E-state index in [1.54, 1.807) is 7.11 Å². The first kappa shape index (κ1) is 14.8. The van der Waals surface area contributed by atoms with Gasteiger partial charge in [-0.05, 0) is 47.4 Å². The molecule has 3 nitrogen and oxygen atoms in total. The van der Waals surface area contributed by atoms with E-state index in [0.29, 0.717) is 6.73 Å². The van der Waals surface area contributed by atoms with Gasteiger partial charge in [-0.1, -0.05) is 26.8 Å². The molecule has 1 aliphatic heterocycles. The Balaban J connectivity index is 1.85. The fourth-order valence-electron chi connectivity index (χ4n) is 2.67. The lowest BCUT2D eigenvalue weighted by Crippen LogP contribution is -2.32. The normalized spacial score (nSPS) is 14.3. The van der Waals surface area contributed by atoms with Crippen molar-refractivity contribution < 1.29 is 9.47 Å². The zero-order chi connectivity index (χ0) is 15.7. The molecule has 0 radical (unpaired) electrons. The highest BCUT2D eigenvalue weighted by atomic mass is 16.5. The highest BCUT2D eigenvalue weighted by molar-refractivity contribution is 5.52. The molecule has 0 N–H and O–H groups in total. The quantitative estimate of drug-likeness (QED) is 0.822. The van der Waals surface area contributed by atoms with Gasteiger partial charge < -0.3 is 14.4 Å². The van der Waals surface area contributed by atoms with E-state index >= 15 is 0 Å². The second kappa shape index (κ2) is 5.56. The minimum absolute atomic E-state index is 0.150. The summed E-state index contributed by atoms with van der Waals surface area (Å²) < 4.78 is 11.1. The SMILES string of the molecule is COc1ccc(N2COc3ccc(C(C)(C)C)cc3C2)cc1. The number of ether oxygens (including phenoxy) is 2. The summed E-state index contributed by atoms with van der Waals surface area (Å²) in [4.78, 5) is 2.23. The number of benzene rings is 2. The summed E-state index contributed by atoms with van der Waals surface area (Å²) in [6.45, 7) is 8.15. The molecular weight excluding hydrogens is 274 g/mol. The third-order valence-electron chi connectivity index (χ3n) is 4.10. The van der Waals surface area contributed by atoms with Gasteiger partial charge in [0.2, 0.25) is 0 Å². The van der Waals surface area contributed by atoms with Crippen molar-refractivity contribution in [3.05, 3.63) is 53.6 Å². The maximum absolute atomic E-state index is 5.91. The Morgan fingerprint density at radius 2 is 1.77 bits per heavy atom. The molecular formula is C19H23NO2. The van der Waals surface area contributed by atoms with Crippen molar-refractivity contribution in [1.82, 2.24) is 0 Å². The van der Waals surface area contributed by atoms with Crippen molar-refractivity contribution in [2.24, 2.45) is 0 Å². The summed E-state index contributed by atoms with van der Waals surface area (Å²) in [6, 6.07) is 14.6. The van der Waals surface area contributed by atoms with E-state index in [4.69, 9.17) is 9.47 Å². The third-order valence-corrected chi connectivity index (χ3v) is 4.10. The first-order valence-electron chi connectivity index (χ1n) is 7.62. The number of nitrogens with zero attached hydrogens (tertiary/aromatic N) is 1. The summed E-state index contributed by atoms with van der Waals surface area (Å²) in [5.41, 5.74) is 3.88.